The zero-order chi connectivity index (χ0) is 21.4. The van der Waals surface area contributed by atoms with Gasteiger partial charge in [0, 0.05) is 11.8 Å². The average molecular weight is 437 g/mol. The largest absolute Gasteiger partial charge is 0.423 e. The highest BCUT2D eigenvalue weighted by molar-refractivity contribution is 7.93. The second kappa shape index (κ2) is 7.25. The minimum absolute atomic E-state index is 0.151. The van der Waals surface area contributed by atoms with Crippen LogP contribution in [0.15, 0.2) is 63.4 Å². The molecule has 0 aliphatic rings. The van der Waals surface area contributed by atoms with E-state index in [0.717, 1.165) is 0 Å². The van der Waals surface area contributed by atoms with Crippen molar-refractivity contribution in [3.05, 3.63) is 60.3 Å². The molecule has 5 aromatic rings. The van der Waals surface area contributed by atoms with E-state index in [1.165, 1.54) is 0 Å². The molecule has 2 aromatic carbocycles. The third kappa shape index (κ3) is 4.09. The van der Waals surface area contributed by atoms with Crippen molar-refractivity contribution in [2.24, 2.45) is 0 Å². The minimum atomic E-state index is -4.11. The number of aryl methyl sites for hydroxylation is 1. The van der Waals surface area contributed by atoms with Gasteiger partial charge in [0.25, 0.3) is 0 Å². The fraction of sp³-hybridized carbons (Fsp3) is 0.0526. The first-order chi connectivity index (χ1) is 14.9. The molecule has 3 N–H and O–H groups in total. The maximum absolute atomic E-state index is 12.5. The zero-order valence-electron chi connectivity index (χ0n) is 16.0. The van der Waals surface area contributed by atoms with Crippen LogP contribution < -0.4 is 14.8 Å². The highest BCUT2D eigenvalue weighted by Crippen LogP contribution is 2.22. The van der Waals surface area contributed by atoms with Crippen molar-refractivity contribution in [2.75, 3.05) is 14.8 Å². The van der Waals surface area contributed by atoms with Crippen molar-refractivity contribution in [1.82, 2.24) is 19.9 Å². The molecule has 0 fully saturated rings. The minimum Gasteiger partial charge on any atom is -0.423 e. The van der Waals surface area contributed by atoms with Crippen LogP contribution in [0.5, 0.6) is 0 Å². The van der Waals surface area contributed by atoms with E-state index in [1.807, 2.05) is 18.2 Å². The summed E-state index contributed by atoms with van der Waals surface area (Å²) in [6, 6.07) is 15.9. The van der Waals surface area contributed by atoms with E-state index in [4.69, 9.17) is 8.83 Å². The molecule has 0 aliphatic heterocycles. The molecule has 0 atom stereocenters. The normalized spacial score (nSPS) is 11.6. The average Bonchev–Trinajstić information content (AvgIpc) is 3.28. The number of anilines is 4. The van der Waals surface area contributed by atoms with E-state index in [0.29, 0.717) is 33.7 Å². The van der Waals surface area contributed by atoms with Gasteiger partial charge < -0.3 is 8.83 Å². The van der Waals surface area contributed by atoms with Gasteiger partial charge in [0.2, 0.25) is 5.95 Å². The Hall–Kier alpha value is -4.19. The summed E-state index contributed by atoms with van der Waals surface area (Å²) in [4.78, 5) is 16.7. The van der Waals surface area contributed by atoms with Crippen molar-refractivity contribution in [3.8, 4) is 0 Å². The van der Waals surface area contributed by atoms with Gasteiger partial charge in [-0.2, -0.15) is 23.4 Å². The summed E-state index contributed by atoms with van der Waals surface area (Å²) in [5, 5.41) is 2.91. The highest BCUT2D eigenvalue weighted by atomic mass is 32.2. The molecule has 0 saturated heterocycles. The lowest BCUT2D eigenvalue weighted by Crippen LogP contribution is -2.23. The number of hydrogen-bond acceptors (Lipinski definition) is 9. The van der Waals surface area contributed by atoms with E-state index < -0.39 is 10.2 Å². The van der Waals surface area contributed by atoms with E-state index in [1.54, 1.807) is 43.3 Å². The lowest BCUT2D eigenvalue weighted by molar-refractivity contribution is 0.595. The van der Waals surface area contributed by atoms with Gasteiger partial charge in [-0.1, -0.05) is 24.3 Å². The van der Waals surface area contributed by atoms with Crippen LogP contribution in [0.4, 0.5) is 23.8 Å². The smallest absolute Gasteiger partial charge is 0.327 e. The van der Waals surface area contributed by atoms with Crippen LogP contribution in [-0.2, 0) is 10.2 Å². The Morgan fingerprint density at radius 2 is 1.39 bits per heavy atom. The van der Waals surface area contributed by atoms with Crippen LogP contribution >= 0.6 is 0 Å². The second-order valence-corrected chi connectivity index (χ2v) is 7.94. The predicted octanol–water partition coefficient (Wildman–Crippen LogP) is 3.58. The lowest BCUT2D eigenvalue weighted by atomic mass is 10.3. The maximum atomic E-state index is 12.5. The summed E-state index contributed by atoms with van der Waals surface area (Å²) in [6.07, 6.45) is 0. The number of aromatic nitrogens is 4. The first kappa shape index (κ1) is 18.8. The molecule has 3 aromatic heterocycles. The van der Waals surface area contributed by atoms with Crippen LogP contribution in [0.25, 0.3) is 22.2 Å². The second-order valence-electron chi connectivity index (χ2n) is 6.52. The van der Waals surface area contributed by atoms with Gasteiger partial charge in [0.15, 0.2) is 11.2 Å². The molecule has 5 rings (SSSR count). The molecule has 11 nitrogen and oxygen atoms in total. The number of rotatable bonds is 6. The van der Waals surface area contributed by atoms with Crippen molar-refractivity contribution in [1.29, 1.82) is 0 Å². The third-order valence-electron chi connectivity index (χ3n) is 4.12. The predicted molar refractivity (Wildman–Crippen MR) is 114 cm³/mol. The molecule has 31 heavy (non-hydrogen) atoms. The summed E-state index contributed by atoms with van der Waals surface area (Å²) < 4.78 is 40.4. The SMILES string of the molecule is Cc1cc(Nc2nc3ccccc3o2)nc(NS(=O)(=O)Nc2nc3ccccc3o2)n1. The fourth-order valence-corrected chi connectivity index (χ4v) is 3.59. The van der Waals surface area contributed by atoms with E-state index in [9.17, 15) is 8.42 Å². The van der Waals surface area contributed by atoms with Gasteiger partial charge in [-0.25, -0.2) is 14.4 Å². The van der Waals surface area contributed by atoms with Crippen LogP contribution in [-0.4, -0.2) is 28.4 Å². The van der Waals surface area contributed by atoms with Gasteiger partial charge in [-0.05, 0) is 31.2 Å². The monoisotopic (exact) mass is 437 g/mol. The fourth-order valence-electron chi connectivity index (χ4n) is 2.89. The number of para-hydroxylation sites is 4. The maximum Gasteiger partial charge on any atom is 0.327 e. The summed E-state index contributed by atoms with van der Waals surface area (Å²) in [5.74, 6) is 0.154. The Kier molecular flexibility index (Phi) is 4.40. The quantitative estimate of drug-likeness (QED) is 0.362. The molecular formula is C19H15N7O4S. The molecule has 0 aliphatic carbocycles. The van der Waals surface area contributed by atoms with E-state index in [2.05, 4.69) is 34.7 Å². The van der Waals surface area contributed by atoms with Gasteiger partial charge in [-0.15, -0.1) is 0 Å². The Labute approximate surface area is 175 Å². The van der Waals surface area contributed by atoms with Crippen LogP contribution in [0.1, 0.15) is 5.69 Å². The van der Waals surface area contributed by atoms with Crippen molar-refractivity contribution < 1.29 is 17.3 Å². The van der Waals surface area contributed by atoms with Crippen LogP contribution in [0, 0.1) is 6.92 Å². The number of oxazole rings is 2. The summed E-state index contributed by atoms with van der Waals surface area (Å²) in [5.41, 5.74) is 2.79. The van der Waals surface area contributed by atoms with Gasteiger partial charge in [-0.3, -0.25) is 5.32 Å². The number of hydrogen-bond donors (Lipinski definition) is 3. The Balaban J connectivity index is 1.36. The van der Waals surface area contributed by atoms with Crippen molar-refractivity contribution in [3.63, 3.8) is 0 Å². The lowest BCUT2D eigenvalue weighted by Gasteiger charge is -2.08. The molecule has 156 valence electrons. The molecular weight excluding hydrogens is 422 g/mol. The molecule has 0 spiro atoms. The van der Waals surface area contributed by atoms with E-state index in [-0.39, 0.29) is 18.0 Å². The molecule has 0 unspecified atom stereocenters. The number of benzene rings is 2. The van der Waals surface area contributed by atoms with Crippen molar-refractivity contribution in [2.45, 2.75) is 6.92 Å². The van der Waals surface area contributed by atoms with Gasteiger partial charge in [0.1, 0.15) is 16.9 Å². The van der Waals surface area contributed by atoms with Crippen LogP contribution in [0.3, 0.4) is 0 Å². The third-order valence-corrected chi connectivity index (χ3v) is 5.02. The molecule has 0 radical (unpaired) electrons. The standard InChI is InChI=1S/C19H15N7O4S/c1-11-10-16(24-18-21-12-6-2-4-8-14(12)29-18)23-17(20-11)25-31(27,28)26-19-22-13-7-3-5-9-15(13)30-19/h2-10H,1H3,(H,22,26)(H2,20,21,23,24,25). The topological polar surface area (TPSA) is 148 Å². The first-order valence-corrected chi connectivity index (χ1v) is 10.6. The van der Waals surface area contributed by atoms with E-state index >= 15 is 0 Å². The summed E-state index contributed by atoms with van der Waals surface area (Å²) in [7, 11) is -4.11. The Bertz CT molecular complexity index is 1440. The number of nitrogens with zero attached hydrogens (tertiary/aromatic N) is 4. The molecule has 0 amide bonds. The van der Waals surface area contributed by atoms with Gasteiger partial charge >= 0.3 is 22.2 Å². The highest BCUT2D eigenvalue weighted by Gasteiger charge is 2.17. The molecule has 0 saturated carbocycles. The molecule has 3 heterocycles. The van der Waals surface area contributed by atoms with Crippen LogP contribution in [0.2, 0.25) is 0 Å². The molecule has 12 heteroatoms. The zero-order valence-corrected chi connectivity index (χ0v) is 16.8. The Morgan fingerprint density at radius 1 is 0.774 bits per heavy atom. The Morgan fingerprint density at radius 3 is 2.06 bits per heavy atom. The number of fused-ring (bicyclic) bond motifs is 2. The summed E-state index contributed by atoms with van der Waals surface area (Å²) >= 11 is 0. The van der Waals surface area contributed by atoms with Gasteiger partial charge in [0.05, 0.1) is 0 Å². The van der Waals surface area contributed by atoms with Crippen molar-refractivity contribution >= 4 is 56.2 Å². The molecule has 0 bridgehead atoms. The number of nitrogens with one attached hydrogen (secondary N) is 3. The summed E-state index contributed by atoms with van der Waals surface area (Å²) in [6.45, 7) is 1.70. The first-order valence-electron chi connectivity index (χ1n) is 9.08.